The zero-order valence-corrected chi connectivity index (χ0v) is 21.1. The van der Waals surface area contributed by atoms with Gasteiger partial charge in [0.2, 0.25) is 0 Å². The van der Waals surface area contributed by atoms with E-state index in [1.165, 1.54) is 24.3 Å². The van der Waals surface area contributed by atoms with Crippen molar-refractivity contribution in [2.45, 2.75) is 35.5 Å². The lowest BCUT2D eigenvalue weighted by molar-refractivity contribution is 0.102. The topological polar surface area (TPSA) is 126 Å². The number of thiazole rings is 1. The molecular formula is C21H19ClN4O5S3. The normalized spacial score (nSPS) is 17.5. The Morgan fingerprint density at radius 1 is 1.18 bits per heavy atom. The van der Waals surface area contributed by atoms with Crippen molar-refractivity contribution in [3.8, 4) is 0 Å². The highest BCUT2D eigenvalue weighted by Crippen LogP contribution is 2.38. The van der Waals surface area contributed by atoms with Gasteiger partial charge in [-0.2, -0.15) is 8.42 Å². The van der Waals surface area contributed by atoms with Crippen LogP contribution in [0.3, 0.4) is 0 Å². The molecular weight excluding hydrogens is 520 g/mol. The molecule has 0 unspecified atom stereocenters. The van der Waals surface area contributed by atoms with E-state index in [0.717, 1.165) is 36.9 Å². The summed E-state index contributed by atoms with van der Waals surface area (Å²) in [6.07, 6.45) is 4.42. The lowest BCUT2D eigenvalue weighted by Gasteiger charge is -2.30. The van der Waals surface area contributed by atoms with Crippen LogP contribution < -0.4 is 10.2 Å². The maximum Gasteiger partial charge on any atom is 0.286 e. The Bertz CT molecular complexity index is 1600. The molecule has 13 heteroatoms. The summed E-state index contributed by atoms with van der Waals surface area (Å²) in [5.74, 6) is -0.128. The number of aromatic nitrogens is 1. The molecule has 5 rings (SSSR count). The Morgan fingerprint density at radius 2 is 1.97 bits per heavy atom. The van der Waals surface area contributed by atoms with Crippen LogP contribution in [0.25, 0.3) is 10.2 Å². The fourth-order valence-corrected chi connectivity index (χ4v) is 7.16. The van der Waals surface area contributed by atoms with Crippen LogP contribution in [0.1, 0.15) is 36.0 Å². The molecule has 9 nitrogen and oxygen atoms in total. The molecule has 1 N–H and O–H groups in total. The number of hydrogen-bond acceptors (Lipinski definition) is 8. The van der Waals surface area contributed by atoms with E-state index in [0.29, 0.717) is 34.7 Å². The van der Waals surface area contributed by atoms with Gasteiger partial charge >= 0.3 is 0 Å². The van der Waals surface area contributed by atoms with Crippen LogP contribution in [0.5, 0.6) is 0 Å². The first-order valence-corrected chi connectivity index (χ1v) is 14.9. The molecule has 0 spiro atoms. The zero-order valence-electron chi connectivity index (χ0n) is 17.9. The van der Waals surface area contributed by atoms with E-state index in [4.69, 9.17) is 11.6 Å². The fourth-order valence-electron chi connectivity index (χ4n) is 4.02. The van der Waals surface area contributed by atoms with Crippen molar-refractivity contribution in [3.05, 3.63) is 40.9 Å². The highest BCUT2D eigenvalue weighted by atomic mass is 35.5. The number of sulfonamides is 1. The van der Waals surface area contributed by atoms with Crippen LogP contribution in [0, 0.1) is 0 Å². The Hall–Kier alpha value is -2.54. The van der Waals surface area contributed by atoms with Gasteiger partial charge < -0.3 is 4.90 Å². The van der Waals surface area contributed by atoms with Gasteiger partial charge in [0, 0.05) is 19.2 Å². The molecule has 1 amide bonds. The predicted molar refractivity (Wildman–Crippen MR) is 133 cm³/mol. The molecule has 178 valence electrons. The number of anilines is 2. The number of amidine groups is 1. The van der Waals surface area contributed by atoms with Crippen molar-refractivity contribution >= 4 is 75.6 Å². The van der Waals surface area contributed by atoms with Crippen LogP contribution in [0.2, 0.25) is 5.02 Å². The Labute approximate surface area is 205 Å². The van der Waals surface area contributed by atoms with Crippen molar-refractivity contribution in [2.24, 2.45) is 4.40 Å². The predicted octanol–water partition coefficient (Wildman–Crippen LogP) is 4.09. The second-order valence-corrected chi connectivity index (χ2v) is 13.1. The number of carbonyl (C=O) groups is 1. The third-order valence-electron chi connectivity index (χ3n) is 5.69. The van der Waals surface area contributed by atoms with Crippen LogP contribution in [0.15, 0.2) is 44.5 Å². The van der Waals surface area contributed by atoms with Gasteiger partial charge in [0.25, 0.3) is 15.9 Å². The fraction of sp³-hybridized carbons (Fsp3) is 0.286. The van der Waals surface area contributed by atoms with Crippen LogP contribution >= 0.6 is 22.9 Å². The van der Waals surface area contributed by atoms with Gasteiger partial charge in [-0.15, -0.1) is 4.40 Å². The number of nitrogens with one attached hydrogen (secondary N) is 1. The number of amides is 1. The molecule has 0 radical (unpaired) electrons. The highest BCUT2D eigenvalue weighted by molar-refractivity contribution is 7.91. The smallest absolute Gasteiger partial charge is 0.286 e. The summed E-state index contributed by atoms with van der Waals surface area (Å²) in [5.41, 5.74) is 0.935. The SMILES string of the molecule is CS(=O)(=O)c1ccc2nc(NC(=O)c3cc4c(cc3Cl)N3CCCCCC3=NS4(=O)=O)sc2c1. The second-order valence-electron chi connectivity index (χ2n) is 8.12. The maximum absolute atomic E-state index is 13.0. The van der Waals surface area contributed by atoms with Crippen molar-refractivity contribution < 1.29 is 21.6 Å². The quantitative estimate of drug-likeness (QED) is 0.532. The monoisotopic (exact) mass is 538 g/mol. The minimum atomic E-state index is -3.98. The van der Waals surface area contributed by atoms with Crippen molar-refractivity contribution in [1.29, 1.82) is 0 Å². The summed E-state index contributed by atoms with van der Waals surface area (Å²) in [6.45, 7) is 0.629. The third-order valence-corrected chi connectivity index (χ3v) is 9.38. The Balaban J connectivity index is 1.49. The molecule has 3 aromatic rings. The molecule has 1 aromatic heterocycles. The summed E-state index contributed by atoms with van der Waals surface area (Å²) in [5, 5.41) is 2.98. The molecule has 0 bridgehead atoms. The number of carbonyl (C=O) groups excluding carboxylic acids is 1. The molecule has 1 saturated heterocycles. The van der Waals surface area contributed by atoms with E-state index in [2.05, 4.69) is 14.7 Å². The number of halogens is 1. The molecule has 1 fully saturated rings. The number of fused-ring (bicyclic) bond motifs is 4. The average molecular weight is 539 g/mol. The van der Waals surface area contributed by atoms with Crippen LogP contribution in [-0.2, 0) is 19.9 Å². The van der Waals surface area contributed by atoms with Crippen LogP contribution in [-0.4, -0.2) is 46.4 Å². The lowest BCUT2D eigenvalue weighted by atomic mass is 10.1. The number of nitrogens with zero attached hydrogens (tertiary/aromatic N) is 3. The van der Waals surface area contributed by atoms with E-state index in [1.54, 1.807) is 6.07 Å². The van der Waals surface area contributed by atoms with Gasteiger partial charge in [0.1, 0.15) is 10.7 Å². The molecule has 0 saturated carbocycles. The molecule has 0 atom stereocenters. The molecule has 2 aliphatic heterocycles. The van der Waals surface area contributed by atoms with Crippen LogP contribution in [0.4, 0.5) is 10.8 Å². The van der Waals surface area contributed by atoms with Crippen molar-refractivity contribution in [3.63, 3.8) is 0 Å². The lowest BCUT2D eigenvalue weighted by Crippen LogP contribution is -2.35. The highest BCUT2D eigenvalue weighted by Gasteiger charge is 2.33. The van der Waals surface area contributed by atoms with Gasteiger partial charge in [-0.05, 0) is 43.2 Å². The average Bonchev–Trinajstić information content (AvgIpc) is 3.00. The van der Waals surface area contributed by atoms with Crippen molar-refractivity contribution in [1.82, 2.24) is 4.98 Å². The molecule has 3 heterocycles. The summed E-state index contributed by atoms with van der Waals surface area (Å²) in [4.78, 5) is 19.3. The second kappa shape index (κ2) is 8.29. The number of sulfone groups is 1. The molecule has 0 aliphatic carbocycles. The number of rotatable bonds is 3. The summed E-state index contributed by atoms with van der Waals surface area (Å²) >= 11 is 7.53. The van der Waals surface area contributed by atoms with E-state index in [-0.39, 0.29) is 25.5 Å². The van der Waals surface area contributed by atoms with E-state index in [9.17, 15) is 21.6 Å². The first-order valence-electron chi connectivity index (χ1n) is 10.4. The third kappa shape index (κ3) is 4.19. The van der Waals surface area contributed by atoms with E-state index < -0.39 is 25.8 Å². The molecule has 2 aromatic carbocycles. The maximum atomic E-state index is 13.0. The minimum absolute atomic E-state index is 0.0199. The zero-order chi connectivity index (χ0) is 24.3. The van der Waals surface area contributed by atoms with Gasteiger partial charge in [-0.3, -0.25) is 10.1 Å². The first kappa shape index (κ1) is 23.2. The number of hydrogen-bond donors (Lipinski definition) is 1. The van der Waals surface area contributed by atoms with Gasteiger partial charge in [-0.1, -0.05) is 29.4 Å². The van der Waals surface area contributed by atoms with Gasteiger partial charge in [0.05, 0.1) is 31.4 Å². The summed E-state index contributed by atoms with van der Waals surface area (Å²) in [7, 11) is -7.36. The molecule has 2 aliphatic rings. The number of benzene rings is 2. The van der Waals surface area contributed by atoms with E-state index >= 15 is 0 Å². The summed E-state index contributed by atoms with van der Waals surface area (Å²) in [6, 6.07) is 7.26. The minimum Gasteiger partial charge on any atom is -0.328 e. The van der Waals surface area contributed by atoms with Gasteiger partial charge in [0.15, 0.2) is 15.0 Å². The first-order chi connectivity index (χ1) is 16.0. The van der Waals surface area contributed by atoms with Gasteiger partial charge in [-0.25, -0.2) is 13.4 Å². The Morgan fingerprint density at radius 3 is 2.74 bits per heavy atom. The standard InChI is InChI=1S/C21H19ClN4O5S3/c1-33(28,29)12-6-7-15-17(9-12)32-21(23-15)24-20(27)13-10-18-16(11-14(13)22)26-8-4-2-3-5-19(26)25-34(18,30)31/h6-7,9-11H,2-5,8H2,1H3,(H,23,24,27). The largest absolute Gasteiger partial charge is 0.328 e. The van der Waals surface area contributed by atoms with E-state index in [1.807, 2.05) is 4.90 Å². The summed E-state index contributed by atoms with van der Waals surface area (Å²) < 4.78 is 53.9. The Kier molecular flexibility index (Phi) is 5.66. The molecule has 34 heavy (non-hydrogen) atoms. The van der Waals surface area contributed by atoms with Crippen molar-refractivity contribution in [2.75, 3.05) is 23.0 Å².